The number of nitrogens with one attached hydrogen (secondary N) is 2. The molecule has 2 amide bonds. The number of rotatable bonds is 6. The molecule has 110 valence electrons. The lowest BCUT2D eigenvalue weighted by Gasteiger charge is -2.14. The van der Waals surface area contributed by atoms with E-state index in [4.69, 9.17) is 9.84 Å². The Balaban J connectivity index is 2.68. The van der Waals surface area contributed by atoms with Crippen LogP contribution in [0.4, 0.5) is 14.9 Å². The number of amides is 2. The molecule has 0 aliphatic heterocycles. The molecule has 0 saturated heterocycles. The molecule has 1 aromatic carbocycles. The quantitative estimate of drug-likeness (QED) is 0.747. The molecule has 1 rings (SSSR count). The lowest BCUT2D eigenvalue weighted by Crippen LogP contribution is -2.42. The normalized spacial score (nSPS) is 11.6. The number of benzene rings is 1. The first kappa shape index (κ1) is 15.7. The van der Waals surface area contributed by atoms with E-state index in [9.17, 15) is 14.0 Å². The zero-order valence-corrected chi connectivity index (χ0v) is 11.3. The van der Waals surface area contributed by atoms with Gasteiger partial charge in [-0.05, 0) is 18.6 Å². The van der Waals surface area contributed by atoms with Crippen molar-refractivity contribution < 1.29 is 23.8 Å². The monoisotopic (exact) mass is 284 g/mol. The number of hydrogen-bond donors (Lipinski definition) is 3. The zero-order chi connectivity index (χ0) is 15.1. The van der Waals surface area contributed by atoms with Crippen molar-refractivity contribution in [3.63, 3.8) is 0 Å². The van der Waals surface area contributed by atoms with Crippen LogP contribution >= 0.6 is 0 Å². The first-order valence-corrected chi connectivity index (χ1v) is 6.11. The third-order valence-corrected chi connectivity index (χ3v) is 2.59. The van der Waals surface area contributed by atoms with E-state index in [0.717, 1.165) is 6.07 Å². The minimum atomic E-state index is -1.10. The van der Waals surface area contributed by atoms with Gasteiger partial charge in [0.1, 0.15) is 6.04 Å². The maximum atomic E-state index is 13.2. The Hall–Kier alpha value is -2.31. The van der Waals surface area contributed by atoms with Crippen LogP contribution in [-0.4, -0.2) is 30.3 Å². The molecule has 3 N–H and O–H groups in total. The van der Waals surface area contributed by atoms with Gasteiger partial charge in [0.2, 0.25) is 0 Å². The molecule has 20 heavy (non-hydrogen) atoms. The van der Waals surface area contributed by atoms with E-state index in [0.29, 0.717) is 18.5 Å². The van der Waals surface area contributed by atoms with Crippen LogP contribution in [0.1, 0.15) is 19.8 Å². The highest BCUT2D eigenvalue weighted by Gasteiger charge is 2.18. The number of urea groups is 1. The summed E-state index contributed by atoms with van der Waals surface area (Å²) in [5, 5.41) is 13.7. The van der Waals surface area contributed by atoms with Gasteiger partial charge in [0.05, 0.1) is 7.11 Å². The third-order valence-electron chi connectivity index (χ3n) is 2.59. The smallest absolute Gasteiger partial charge is 0.326 e. The molecule has 0 aromatic heterocycles. The summed E-state index contributed by atoms with van der Waals surface area (Å²) in [6.45, 7) is 1.82. The molecule has 0 saturated carbocycles. The number of carboxylic acids is 1. The summed E-state index contributed by atoms with van der Waals surface area (Å²) < 4.78 is 18.0. The minimum absolute atomic E-state index is 0.00820. The molecule has 0 spiro atoms. The number of carboxylic acid groups (broad SMARTS) is 1. The van der Waals surface area contributed by atoms with Crippen molar-refractivity contribution in [2.24, 2.45) is 0 Å². The molecule has 1 aromatic rings. The number of anilines is 1. The highest BCUT2D eigenvalue weighted by atomic mass is 19.1. The van der Waals surface area contributed by atoms with Crippen LogP contribution in [0.2, 0.25) is 0 Å². The van der Waals surface area contributed by atoms with Gasteiger partial charge in [0.25, 0.3) is 0 Å². The van der Waals surface area contributed by atoms with Crippen LogP contribution in [0, 0.1) is 5.82 Å². The standard InChI is InChI=1S/C13H17FN2O4/c1-3-4-10(12(17)18)16-13(19)15-8-5-6-9(14)11(7-8)20-2/h5-7,10H,3-4H2,1-2H3,(H,17,18)(H2,15,16,19)/t10-/m1/s1. The van der Waals surface area contributed by atoms with E-state index < -0.39 is 23.9 Å². The van der Waals surface area contributed by atoms with E-state index in [1.807, 2.05) is 6.92 Å². The van der Waals surface area contributed by atoms with Gasteiger partial charge in [-0.1, -0.05) is 13.3 Å². The number of hydrogen-bond acceptors (Lipinski definition) is 3. The lowest BCUT2D eigenvalue weighted by molar-refractivity contribution is -0.139. The van der Waals surface area contributed by atoms with Gasteiger partial charge >= 0.3 is 12.0 Å². The van der Waals surface area contributed by atoms with Crippen molar-refractivity contribution in [2.75, 3.05) is 12.4 Å². The van der Waals surface area contributed by atoms with Crippen molar-refractivity contribution in [1.29, 1.82) is 0 Å². The van der Waals surface area contributed by atoms with Gasteiger partial charge in [-0.2, -0.15) is 0 Å². The van der Waals surface area contributed by atoms with Crippen molar-refractivity contribution in [3.8, 4) is 5.75 Å². The Labute approximate surface area is 115 Å². The molecular formula is C13H17FN2O4. The molecule has 0 heterocycles. The van der Waals surface area contributed by atoms with E-state index >= 15 is 0 Å². The Morgan fingerprint density at radius 2 is 2.15 bits per heavy atom. The van der Waals surface area contributed by atoms with E-state index in [-0.39, 0.29) is 5.75 Å². The predicted octanol–water partition coefficient (Wildman–Crippen LogP) is 2.21. The van der Waals surface area contributed by atoms with Gasteiger partial charge in [0, 0.05) is 11.8 Å². The molecule has 0 aliphatic rings. The average molecular weight is 284 g/mol. The number of ether oxygens (including phenoxy) is 1. The maximum Gasteiger partial charge on any atom is 0.326 e. The molecule has 7 heteroatoms. The Kier molecular flexibility index (Phi) is 5.76. The lowest BCUT2D eigenvalue weighted by atomic mass is 10.2. The van der Waals surface area contributed by atoms with Gasteiger partial charge in [0.15, 0.2) is 11.6 Å². The van der Waals surface area contributed by atoms with Crippen molar-refractivity contribution in [1.82, 2.24) is 5.32 Å². The Bertz CT molecular complexity index is 493. The molecule has 1 atom stereocenters. The SMILES string of the molecule is CCC[C@@H](NC(=O)Nc1ccc(F)c(OC)c1)C(=O)O. The van der Waals surface area contributed by atoms with Crippen LogP contribution in [-0.2, 0) is 4.79 Å². The average Bonchev–Trinajstić information content (AvgIpc) is 2.40. The second kappa shape index (κ2) is 7.32. The topological polar surface area (TPSA) is 87.7 Å². The number of aliphatic carboxylic acids is 1. The van der Waals surface area contributed by atoms with Gasteiger partial charge in [-0.25, -0.2) is 14.0 Å². The summed E-state index contributed by atoms with van der Waals surface area (Å²) in [5.41, 5.74) is 0.307. The van der Waals surface area contributed by atoms with E-state index in [2.05, 4.69) is 10.6 Å². The summed E-state index contributed by atoms with van der Waals surface area (Å²) in [5.74, 6) is -1.65. The van der Waals surface area contributed by atoms with Crippen LogP contribution < -0.4 is 15.4 Å². The molecule has 0 radical (unpaired) electrons. The van der Waals surface area contributed by atoms with E-state index in [1.165, 1.54) is 19.2 Å². The summed E-state index contributed by atoms with van der Waals surface area (Å²) in [6.07, 6.45) is 0.955. The first-order valence-electron chi connectivity index (χ1n) is 6.11. The van der Waals surface area contributed by atoms with Gasteiger partial charge in [-0.15, -0.1) is 0 Å². The molecule has 0 bridgehead atoms. The highest BCUT2D eigenvalue weighted by molar-refractivity contribution is 5.92. The summed E-state index contributed by atoms with van der Waals surface area (Å²) in [6, 6.07) is 2.19. The van der Waals surface area contributed by atoms with Gasteiger partial charge in [-0.3, -0.25) is 0 Å². The Morgan fingerprint density at radius 3 is 2.70 bits per heavy atom. The molecular weight excluding hydrogens is 267 g/mol. The molecule has 0 fully saturated rings. The molecule has 0 aliphatic carbocycles. The maximum absolute atomic E-state index is 13.2. The highest BCUT2D eigenvalue weighted by Crippen LogP contribution is 2.21. The molecule has 0 unspecified atom stereocenters. The summed E-state index contributed by atoms with van der Waals surface area (Å²) in [7, 11) is 1.31. The number of halogens is 1. The van der Waals surface area contributed by atoms with Crippen LogP contribution in [0.5, 0.6) is 5.75 Å². The van der Waals surface area contributed by atoms with Crippen LogP contribution in [0.25, 0.3) is 0 Å². The fraction of sp³-hybridized carbons (Fsp3) is 0.385. The molecule has 6 nitrogen and oxygen atoms in total. The largest absolute Gasteiger partial charge is 0.494 e. The third kappa shape index (κ3) is 4.42. The van der Waals surface area contributed by atoms with E-state index in [1.54, 1.807) is 0 Å². The zero-order valence-electron chi connectivity index (χ0n) is 11.3. The fourth-order valence-corrected chi connectivity index (χ4v) is 1.61. The second-order valence-electron chi connectivity index (χ2n) is 4.13. The number of methoxy groups -OCH3 is 1. The summed E-state index contributed by atoms with van der Waals surface area (Å²) >= 11 is 0. The predicted molar refractivity (Wildman–Crippen MR) is 71.4 cm³/mol. The van der Waals surface area contributed by atoms with Crippen LogP contribution in [0.15, 0.2) is 18.2 Å². The van der Waals surface area contributed by atoms with Crippen molar-refractivity contribution in [2.45, 2.75) is 25.8 Å². The van der Waals surface area contributed by atoms with Gasteiger partial charge < -0.3 is 20.5 Å². The summed E-state index contributed by atoms with van der Waals surface area (Å²) in [4.78, 5) is 22.6. The fourth-order valence-electron chi connectivity index (χ4n) is 1.61. The minimum Gasteiger partial charge on any atom is -0.494 e. The van der Waals surface area contributed by atoms with Crippen molar-refractivity contribution >= 4 is 17.7 Å². The second-order valence-corrected chi connectivity index (χ2v) is 4.13. The number of carbonyl (C=O) groups excluding carboxylic acids is 1. The number of carbonyl (C=O) groups is 2. The van der Waals surface area contributed by atoms with Crippen LogP contribution in [0.3, 0.4) is 0 Å². The van der Waals surface area contributed by atoms with Crippen molar-refractivity contribution in [3.05, 3.63) is 24.0 Å². The first-order chi connectivity index (χ1) is 9.47. The Morgan fingerprint density at radius 1 is 1.45 bits per heavy atom.